The van der Waals surface area contributed by atoms with Crippen LogP contribution in [-0.4, -0.2) is 20.3 Å². The fraction of sp³-hybridized carbons (Fsp3) is 0.375. The van der Waals surface area contributed by atoms with E-state index >= 15 is 0 Å². The van der Waals surface area contributed by atoms with Crippen LogP contribution in [0.2, 0.25) is 0 Å². The normalized spacial score (nSPS) is 11.0. The zero-order chi connectivity index (χ0) is 9.26. The monoisotopic (exact) mass is 178 g/mol. The zero-order valence-corrected chi connectivity index (χ0v) is 7.48. The first-order valence-corrected chi connectivity index (χ1v) is 4.10. The van der Waals surface area contributed by atoms with E-state index in [-0.39, 0.29) is 0 Å². The Hall–Kier alpha value is -1.65. The predicted octanol–water partition coefficient (Wildman–Crippen LogP) is 1.58. The Morgan fingerprint density at radius 2 is 2.31 bits per heavy atom. The van der Waals surface area contributed by atoms with Crippen molar-refractivity contribution in [3.63, 3.8) is 0 Å². The average molecular weight is 178 g/mol. The van der Waals surface area contributed by atoms with Crippen LogP contribution in [0.1, 0.15) is 25.6 Å². The molecule has 0 saturated carbocycles. The van der Waals surface area contributed by atoms with Gasteiger partial charge < -0.3 is 4.52 Å². The number of hydrogen-bond acceptors (Lipinski definition) is 4. The number of aromatic nitrogens is 4. The van der Waals surface area contributed by atoms with E-state index in [0.29, 0.717) is 17.4 Å². The van der Waals surface area contributed by atoms with E-state index in [9.17, 15) is 0 Å². The van der Waals surface area contributed by atoms with Crippen molar-refractivity contribution in [3.05, 3.63) is 18.2 Å². The van der Waals surface area contributed by atoms with Crippen molar-refractivity contribution < 1.29 is 4.52 Å². The molecule has 5 nitrogen and oxygen atoms in total. The molecule has 2 heterocycles. The molecule has 0 atom stereocenters. The highest BCUT2D eigenvalue weighted by Gasteiger charge is 2.09. The Balaban J connectivity index is 2.33. The first kappa shape index (κ1) is 7.97. The van der Waals surface area contributed by atoms with Crippen LogP contribution in [0.5, 0.6) is 0 Å². The topological polar surface area (TPSA) is 67.6 Å². The lowest BCUT2D eigenvalue weighted by molar-refractivity contribution is 0.422. The molecular formula is C8H10N4O. The van der Waals surface area contributed by atoms with Crippen LogP contribution in [0, 0.1) is 0 Å². The highest BCUT2D eigenvalue weighted by atomic mass is 16.5. The third-order valence-electron chi connectivity index (χ3n) is 1.72. The van der Waals surface area contributed by atoms with Gasteiger partial charge in [-0.15, -0.1) is 0 Å². The summed E-state index contributed by atoms with van der Waals surface area (Å²) in [6.45, 7) is 4.10. The summed E-state index contributed by atoms with van der Waals surface area (Å²) < 4.78 is 4.69. The van der Waals surface area contributed by atoms with Crippen LogP contribution in [0.15, 0.2) is 16.9 Å². The molecular weight excluding hydrogens is 168 g/mol. The van der Waals surface area contributed by atoms with Crippen LogP contribution >= 0.6 is 0 Å². The summed E-state index contributed by atoms with van der Waals surface area (Å²) in [4.78, 5) is 4.26. The first-order valence-electron chi connectivity index (χ1n) is 4.10. The van der Waals surface area contributed by atoms with Gasteiger partial charge in [-0.05, 0) is 0 Å². The standard InChI is InChI=1S/C8H10N4O/c1-5(2)7-9-8(11-10-7)6-3-4-13-12-6/h3-5H,1-2H3,(H,9,10,11). The molecule has 68 valence electrons. The van der Waals surface area contributed by atoms with Gasteiger partial charge in [-0.2, -0.15) is 5.10 Å². The SMILES string of the molecule is CC(C)c1nc(-c2ccon2)n[nH]1. The molecule has 0 unspecified atom stereocenters. The van der Waals surface area contributed by atoms with Gasteiger partial charge in [0.05, 0.1) is 0 Å². The smallest absolute Gasteiger partial charge is 0.203 e. The second-order valence-corrected chi connectivity index (χ2v) is 3.08. The minimum atomic E-state index is 0.341. The summed E-state index contributed by atoms with van der Waals surface area (Å²) in [5.41, 5.74) is 0.656. The van der Waals surface area contributed by atoms with Crippen molar-refractivity contribution in [3.8, 4) is 11.5 Å². The van der Waals surface area contributed by atoms with E-state index in [1.165, 1.54) is 6.26 Å². The first-order chi connectivity index (χ1) is 6.27. The van der Waals surface area contributed by atoms with Gasteiger partial charge in [0.1, 0.15) is 12.1 Å². The fourth-order valence-electron chi connectivity index (χ4n) is 0.975. The van der Waals surface area contributed by atoms with Crippen molar-refractivity contribution in [2.45, 2.75) is 19.8 Å². The highest BCUT2D eigenvalue weighted by molar-refractivity contribution is 5.46. The molecule has 13 heavy (non-hydrogen) atoms. The van der Waals surface area contributed by atoms with E-state index in [1.807, 2.05) is 13.8 Å². The van der Waals surface area contributed by atoms with Crippen molar-refractivity contribution in [1.82, 2.24) is 20.3 Å². The van der Waals surface area contributed by atoms with Crippen LogP contribution < -0.4 is 0 Å². The molecule has 2 rings (SSSR count). The maximum atomic E-state index is 4.69. The van der Waals surface area contributed by atoms with Crippen LogP contribution in [0.4, 0.5) is 0 Å². The summed E-state index contributed by atoms with van der Waals surface area (Å²) in [5.74, 6) is 1.78. The lowest BCUT2D eigenvalue weighted by atomic mass is 10.2. The number of aromatic amines is 1. The van der Waals surface area contributed by atoms with Crippen molar-refractivity contribution >= 4 is 0 Å². The van der Waals surface area contributed by atoms with Gasteiger partial charge >= 0.3 is 0 Å². The summed E-state index contributed by atoms with van der Waals surface area (Å²) >= 11 is 0. The third kappa shape index (κ3) is 1.44. The van der Waals surface area contributed by atoms with E-state index in [0.717, 1.165) is 5.82 Å². The molecule has 0 fully saturated rings. The lowest BCUT2D eigenvalue weighted by Gasteiger charge is -1.94. The quantitative estimate of drug-likeness (QED) is 0.758. The van der Waals surface area contributed by atoms with Gasteiger partial charge in [0.25, 0.3) is 0 Å². The molecule has 5 heteroatoms. The molecule has 0 bridgehead atoms. The molecule has 0 aliphatic heterocycles. The Morgan fingerprint density at radius 1 is 1.46 bits per heavy atom. The maximum absolute atomic E-state index is 4.69. The van der Waals surface area contributed by atoms with Gasteiger partial charge in [-0.25, -0.2) is 4.98 Å². The largest absolute Gasteiger partial charge is 0.364 e. The molecule has 0 radical (unpaired) electrons. The summed E-state index contributed by atoms with van der Waals surface area (Å²) in [6, 6.07) is 1.73. The highest BCUT2D eigenvalue weighted by Crippen LogP contribution is 2.14. The molecule has 0 aliphatic carbocycles. The summed E-state index contributed by atoms with van der Waals surface area (Å²) in [7, 11) is 0. The van der Waals surface area contributed by atoms with Gasteiger partial charge in [0, 0.05) is 12.0 Å². The van der Waals surface area contributed by atoms with Gasteiger partial charge in [0.2, 0.25) is 5.82 Å². The molecule has 0 spiro atoms. The van der Waals surface area contributed by atoms with E-state index in [2.05, 4.69) is 20.3 Å². The molecule has 2 aromatic heterocycles. The van der Waals surface area contributed by atoms with E-state index in [4.69, 9.17) is 4.52 Å². The Bertz CT molecular complexity index is 377. The Labute approximate surface area is 75.2 Å². The summed E-state index contributed by atoms with van der Waals surface area (Å²) in [6.07, 6.45) is 1.50. The van der Waals surface area contributed by atoms with Gasteiger partial charge in [-0.3, -0.25) is 5.10 Å². The molecule has 2 aromatic rings. The van der Waals surface area contributed by atoms with Crippen molar-refractivity contribution in [1.29, 1.82) is 0 Å². The number of nitrogens with one attached hydrogen (secondary N) is 1. The van der Waals surface area contributed by atoms with Gasteiger partial charge in [0.15, 0.2) is 5.69 Å². The number of rotatable bonds is 2. The maximum Gasteiger partial charge on any atom is 0.203 e. The second-order valence-electron chi connectivity index (χ2n) is 3.08. The second kappa shape index (κ2) is 3.01. The van der Waals surface area contributed by atoms with E-state index in [1.54, 1.807) is 6.07 Å². The summed E-state index contributed by atoms with van der Waals surface area (Å²) in [5, 5.41) is 10.6. The third-order valence-corrected chi connectivity index (χ3v) is 1.72. The average Bonchev–Trinajstić information content (AvgIpc) is 2.75. The molecule has 0 aromatic carbocycles. The minimum absolute atomic E-state index is 0.341. The lowest BCUT2D eigenvalue weighted by Crippen LogP contribution is -1.89. The van der Waals surface area contributed by atoms with Crippen LogP contribution in [0.25, 0.3) is 11.5 Å². The molecule has 1 N–H and O–H groups in total. The molecule has 0 saturated heterocycles. The number of nitrogens with zero attached hydrogens (tertiary/aromatic N) is 3. The van der Waals surface area contributed by atoms with Crippen molar-refractivity contribution in [2.24, 2.45) is 0 Å². The predicted molar refractivity (Wildman–Crippen MR) is 46.0 cm³/mol. The van der Waals surface area contributed by atoms with Crippen LogP contribution in [0.3, 0.4) is 0 Å². The van der Waals surface area contributed by atoms with Crippen LogP contribution in [-0.2, 0) is 0 Å². The number of hydrogen-bond donors (Lipinski definition) is 1. The molecule has 0 amide bonds. The Kier molecular flexibility index (Phi) is 1.84. The fourth-order valence-corrected chi connectivity index (χ4v) is 0.975. The molecule has 0 aliphatic rings. The van der Waals surface area contributed by atoms with Gasteiger partial charge in [-0.1, -0.05) is 19.0 Å². The minimum Gasteiger partial charge on any atom is -0.364 e. The van der Waals surface area contributed by atoms with E-state index < -0.39 is 0 Å². The Morgan fingerprint density at radius 3 is 2.85 bits per heavy atom. The number of H-pyrrole nitrogens is 1. The van der Waals surface area contributed by atoms with Crippen molar-refractivity contribution in [2.75, 3.05) is 0 Å². The zero-order valence-electron chi connectivity index (χ0n) is 7.48.